The van der Waals surface area contributed by atoms with Crippen LogP contribution in [0.25, 0.3) is 0 Å². The summed E-state index contributed by atoms with van der Waals surface area (Å²) in [7, 11) is 0. The first-order valence-electron chi connectivity index (χ1n) is 5.58. The van der Waals surface area contributed by atoms with Crippen molar-refractivity contribution in [2.75, 3.05) is 32.9 Å². The van der Waals surface area contributed by atoms with E-state index in [1.54, 1.807) is 0 Å². The van der Waals surface area contributed by atoms with Crippen LogP contribution in [0.5, 0.6) is 0 Å². The number of halogens is 2. The minimum absolute atomic E-state index is 0.113. The van der Waals surface area contributed by atoms with Crippen molar-refractivity contribution in [2.45, 2.75) is 6.04 Å². The van der Waals surface area contributed by atoms with Crippen LogP contribution >= 0.6 is 15.9 Å². The zero-order valence-corrected chi connectivity index (χ0v) is 10.7. The summed E-state index contributed by atoms with van der Waals surface area (Å²) in [5.41, 5.74) is 1.05. The van der Waals surface area contributed by atoms with E-state index in [0.717, 1.165) is 36.2 Å². The molecule has 1 heterocycles. The molecule has 88 valence electrons. The molecule has 0 aliphatic carbocycles. The second kappa shape index (κ2) is 5.75. The van der Waals surface area contributed by atoms with Crippen LogP contribution in [-0.4, -0.2) is 37.8 Å². The van der Waals surface area contributed by atoms with Crippen LogP contribution in [0, 0.1) is 0 Å². The van der Waals surface area contributed by atoms with Gasteiger partial charge in [-0.1, -0.05) is 34.1 Å². The predicted molar refractivity (Wildman–Crippen MR) is 67.3 cm³/mol. The van der Waals surface area contributed by atoms with Gasteiger partial charge in [-0.25, -0.2) is 4.39 Å². The molecule has 1 aliphatic heterocycles. The Morgan fingerprint density at radius 1 is 1.31 bits per heavy atom. The number of alkyl halides is 1. The SMILES string of the molecule is FC[C@H](c1ccccc1Br)N1CCNCC1. The third kappa shape index (κ3) is 2.62. The highest BCUT2D eigenvalue weighted by atomic mass is 79.9. The van der Waals surface area contributed by atoms with Gasteiger partial charge in [-0.2, -0.15) is 0 Å². The number of benzene rings is 1. The summed E-state index contributed by atoms with van der Waals surface area (Å²) in [6.45, 7) is 3.39. The number of nitrogens with one attached hydrogen (secondary N) is 1. The molecule has 0 radical (unpaired) electrons. The number of nitrogens with zero attached hydrogens (tertiary/aromatic N) is 1. The molecule has 0 bridgehead atoms. The van der Waals surface area contributed by atoms with E-state index in [9.17, 15) is 4.39 Å². The Morgan fingerprint density at radius 2 is 2.00 bits per heavy atom. The summed E-state index contributed by atoms with van der Waals surface area (Å²) in [5.74, 6) is 0. The van der Waals surface area contributed by atoms with Gasteiger partial charge in [0.2, 0.25) is 0 Å². The van der Waals surface area contributed by atoms with Crippen LogP contribution in [-0.2, 0) is 0 Å². The van der Waals surface area contributed by atoms with Gasteiger partial charge in [-0.15, -0.1) is 0 Å². The van der Waals surface area contributed by atoms with Crippen LogP contribution in [0.2, 0.25) is 0 Å². The Labute approximate surface area is 104 Å². The average molecular weight is 287 g/mol. The molecule has 0 spiro atoms. The lowest BCUT2D eigenvalue weighted by Gasteiger charge is -2.34. The molecular weight excluding hydrogens is 271 g/mol. The third-order valence-corrected chi connectivity index (χ3v) is 3.72. The van der Waals surface area contributed by atoms with Crippen molar-refractivity contribution in [3.05, 3.63) is 34.3 Å². The topological polar surface area (TPSA) is 15.3 Å². The molecule has 0 aromatic heterocycles. The molecular formula is C12H16BrFN2. The van der Waals surface area contributed by atoms with Gasteiger partial charge in [0.1, 0.15) is 6.67 Å². The zero-order chi connectivity index (χ0) is 11.4. The van der Waals surface area contributed by atoms with Crippen molar-refractivity contribution < 1.29 is 4.39 Å². The van der Waals surface area contributed by atoms with Crippen LogP contribution in [0.1, 0.15) is 11.6 Å². The minimum Gasteiger partial charge on any atom is -0.314 e. The van der Waals surface area contributed by atoms with Gasteiger partial charge < -0.3 is 5.32 Å². The zero-order valence-electron chi connectivity index (χ0n) is 9.13. The van der Waals surface area contributed by atoms with Gasteiger partial charge in [0, 0.05) is 30.7 Å². The molecule has 0 saturated carbocycles. The quantitative estimate of drug-likeness (QED) is 0.918. The Bertz CT molecular complexity index is 340. The van der Waals surface area contributed by atoms with Gasteiger partial charge in [-0.05, 0) is 11.6 Å². The van der Waals surface area contributed by atoms with Crippen molar-refractivity contribution in [1.29, 1.82) is 0 Å². The largest absolute Gasteiger partial charge is 0.314 e. The second-order valence-electron chi connectivity index (χ2n) is 3.98. The second-order valence-corrected chi connectivity index (χ2v) is 4.83. The first kappa shape index (κ1) is 12.0. The molecule has 1 atom stereocenters. The third-order valence-electron chi connectivity index (χ3n) is 3.00. The highest BCUT2D eigenvalue weighted by Gasteiger charge is 2.23. The summed E-state index contributed by atoms with van der Waals surface area (Å²) in [6.07, 6.45) is 0. The maximum atomic E-state index is 13.2. The highest BCUT2D eigenvalue weighted by Crippen LogP contribution is 2.28. The standard InChI is InChI=1S/C12H16BrFN2/c13-11-4-2-1-3-10(11)12(9-14)16-7-5-15-6-8-16/h1-4,12,15H,5-9H2/t12-/m1/s1. The lowest BCUT2D eigenvalue weighted by Crippen LogP contribution is -2.45. The lowest BCUT2D eigenvalue weighted by molar-refractivity contribution is 0.147. The minimum atomic E-state index is -0.331. The van der Waals surface area contributed by atoms with Crippen molar-refractivity contribution in [3.8, 4) is 0 Å². The maximum absolute atomic E-state index is 13.2. The molecule has 1 N–H and O–H groups in total. The Hall–Kier alpha value is -0.450. The molecule has 2 rings (SSSR count). The fourth-order valence-corrected chi connectivity index (χ4v) is 2.67. The van der Waals surface area contributed by atoms with Crippen LogP contribution in [0.15, 0.2) is 28.7 Å². The van der Waals surface area contributed by atoms with E-state index in [0.29, 0.717) is 0 Å². The monoisotopic (exact) mass is 286 g/mol. The fraction of sp³-hybridized carbons (Fsp3) is 0.500. The molecule has 16 heavy (non-hydrogen) atoms. The van der Waals surface area contributed by atoms with E-state index in [-0.39, 0.29) is 12.7 Å². The molecule has 1 saturated heterocycles. The van der Waals surface area contributed by atoms with Gasteiger partial charge >= 0.3 is 0 Å². The van der Waals surface area contributed by atoms with Gasteiger partial charge in [0.15, 0.2) is 0 Å². The Kier molecular flexibility index (Phi) is 4.32. The predicted octanol–water partition coefficient (Wildman–Crippen LogP) is 2.36. The molecule has 1 aromatic rings. The molecule has 4 heteroatoms. The molecule has 0 unspecified atom stereocenters. The van der Waals surface area contributed by atoms with Crippen LogP contribution in [0.4, 0.5) is 4.39 Å². The molecule has 1 aliphatic rings. The summed E-state index contributed by atoms with van der Waals surface area (Å²) in [6, 6.07) is 7.78. The maximum Gasteiger partial charge on any atom is 0.109 e. The van der Waals surface area contributed by atoms with Gasteiger partial charge in [0.25, 0.3) is 0 Å². The van der Waals surface area contributed by atoms with Crippen molar-refractivity contribution in [2.24, 2.45) is 0 Å². The number of hydrogen-bond acceptors (Lipinski definition) is 2. The summed E-state index contributed by atoms with van der Waals surface area (Å²) in [5, 5.41) is 3.28. The normalized spacial score (nSPS) is 19.6. The summed E-state index contributed by atoms with van der Waals surface area (Å²) in [4.78, 5) is 2.20. The van der Waals surface area contributed by atoms with Gasteiger partial charge in [-0.3, -0.25) is 4.90 Å². The molecule has 2 nitrogen and oxygen atoms in total. The highest BCUT2D eigenvalue weighted by molar-refractivity contribution is 9.10. The molecule has 0 amide bonds. The molecule has 1 fully saturated rings. The van der Waals surface area contributed by atoms with Crippen LogP contribution < -0.4 is 5.32 Å². The van der Waals surface area contributed by atoms with E-state index in [4.69, 9.17) is 0 Å². The van der Waals surface area contributed by atoms with E-state index >= 15 is 0 Å². The Morgan fingerprint density at radius 3 is 2.62 bits per heavy atom. The molecule has 1 aromatic carbocycles. The van der Waals surface area contributed by atoms with Crippen molar-refractivity contribution in [1.82, 2.24) is 10.2 Å². The van der Waals surface area contributed by atoms with Crippen molar-refractivity contribution in [3.63, 3.8) is 0 Å². The Balaban J connectivity index is 2.18. The number of hydrogen-bond donors (Lipinski definition) is 1. The number of rotatable bonds is 3. The van der Waals surface area contributed by atoms with E-state index < -0.39 is 0 Å². The fourth-order valence-electron chi connectivity index (χ4n) is 2.12. The lowest BCUT2D eigenvalue weighted by atomic mass is 10.1. The van der Waals surface area contributed by atoms with E-state index in [2.05, 4.69) is 26.1 Å². The smallest absolute Gasteiger partial charge is 0.109 e. The van der Waals surface area contributed by atoms with Crippen molar-refractivity contribution >= 4 is 15.9 Å². The average Bonchev–Trinajstić information content (AvgIpc) is 2.34. The summed E-state index contributed by atoms with van der Waals surface area (Å²) >= 11 is 3.50. The number of piperazine rings is 1. The first-order valence-corrected chi connectivity index (χ1v) is 6.37. The van der Waals surface area contributed by atoms with E-state index in [1.165, 1.54) is 0 Å². The van der Waals surface area contributed by atoms with Gasteiger partial charge in [0.05, 0.1) is 6.04 Å². The van der Waals surface area contributed by atoms with Crippen LogP contribution in [0.3, 0.4) is 0 Å². The summed E-state index contributed by atoms with van der Waals surface area (Å²) < 4.78 is 14.2. The van der Waals surface area contributed by atoms with E-state index in [1.807, 2.05) is 24.3 Å². The first-order chi connectivity index (χ1) is 7.83.